The number of nitrogens with one attached hydrogen (secondary N) is 1. The second-order valence-electron chi connectivity index (χ2n) is 8.07. The van der Waals surface area contributed by atoms with E-state index in [1.165, 1.54) is 34.2 Å². The van der Waals surface area contributed by atoms with Gasteiger partial charge in [0.25, 0.3) is 5.91 Å². The minimum absolute atomic E-state index is 0.112. The Balaban J connectivity index is 1.23. The van der Waals surface area contributed by atoms with Crippen LogP contribution < -0.4 is 5.32 Å². The van der Waals surface area contributed by atoms with Crippen molar-refractivity contribution in [3.8, 4) is 0 Å². The molecule has 0 radical (unpaired) electrons. The number of amides is 2. The highest BCUT2D eigenvalue weighted by atomic mass is 32.2. The van der Waals surface area contributed by atoms with Crippen LogP contribution in [0.4, 0.5) is 5.13 Å². The zero-order valence-corrected chi connectivity index (χ0v) is 21.7. The Labute approximate surface area is 219 Å². The van der Waals surface area contributed by atoms with Crippen LogP contribution in [0.1, 0.15) is 34.4 Å². The number of allylic oxidation sites excluding steroid dienone is 2. The molecule has 35 heavy (non-hydrogen) atoms. The van der Waals surface area contributed by atoms with Gasteiger partial charge in [-0.2, -0.15) is 0 Å². The number of benzene rings is 2. The minimum Gasteiger partial charge on any atom is -0.302 e. The highest BCUT2D eigenvalue weighted by Crippen LogP contribution is 2.31. The molecule has 2 heterocycles. The van der Waals surface area contributed by atoms with Gasteiger partial charge in [0.1, 0.15) is 4.32 Å². The average molecular weight is 520 g/mol. The standard InChI is InChI=1S/C27H25N3O2S3/c1-19-8-5-12-21(16-19)17-22-18-28-26(34-22)29-24(31)14-7-15-30-25(32)23(35-27(30)33)13-6-11-20-9-3-2-4-10-20/h2-6,8-13,16,18H,7,14-15,17H2,1H3,(H,28,29,31)/b11-6+,23-13-. The Bertz CT molecular complexity index is 1280. The van der Waals surface area contributed by atoms with Crippen LogP contribution in [0.15, 0.2) is 77.9 Å². The van der Waals surface area contributed by atoms with Crippen molar-refractivity contribution in [3.63, 3.8) is 0 Å². The molecule has 5 nitrogen and oxygen atoms in total. The largest absolute Gasteiger partial charge is 0.302 e. The van der Waals surface area contributed by atoms with E-state index in [0.717, 1.165) is 16.9 Å². The summed E-state index contributed by atoms with van der Waals surface area (Å²) in [6.07, 6.45) is 9.00. The number of carbonyl (C=O) groups is 2. The molecule has 0 saturated carbocycles. The van der Waals surface area contributed by atoms with E-state index in [1.807, 2.05) is 48.6 Å². The summed E-state index contributed by atoms with van der Waals surface area (Å²) in [7, 11) is 0. The molecule has 1 aromatic heterocycles. The summed E-state index contributed by atoms with van der Waals surface area (Å²) in [5.74, 6) is -0.230. The normalized spacial score (nSPS) is 14.9. The molecular formula is C27H25N3O2S3. The molecule has 3 aromatic rings. The van der Waals surface area contributed by atoms with Crippen molar-refractivity contribution < 1.29 is 9.59 Å². The van der Waals surface area contributed by atoms with E-state index in [0.29, 0.717) is 27.3 Å². The van der Waals surface area contributed by atoms with Gasteiger partial charge in [0.2, 0.25) is 5.91 Å². The molecule has 178 valence electrons. The summed E-state index contributed by atoms with van der Waals surface area (Å²) in [6, 6.07) is 18.3. The third-order valence-corrected chi connectivity index (χ3v) is 7.56. The van der Waals surface area contributed by atoms with Crippen molar-refractivity contribution in [3.05, 3.63) is 99.4 Å². The van der Waals surface area contributed by atoms with Gasteiger partial charge in [0.05, 0.1) is 4.91 Å². The zero-order chi connectivity index (χ0) is 24.6. The fourth-order valence-electron chi connectivity index (χ4n) is 3.57. The van der Waals surface area contributed by atoms with Gasteiger partial charge in [-0.25, -0.2) is 4.98 Å². The molecule has 1 aliphatic heterocycles. The Morgan fingerprint density at radius 2 is 2.00 bits per heavy atom. The Morgan fingerprint density at radius 1 is 1.17 bits per heavy atom. The molecule has 0 spiro atoms. The lowest BCUT2D eigenvalue weighted by molar-refractivity contribution is -0.122. The van der Waals surface area contributed by atoms with Crippen LogP contribution in [0.5, 0.6) is 0 Å². The molecule has 2 amide bonds. The number of thioether (sulfide) groups is 1. The first-order valence-corrected chi connectivity index (χ1v) is 13.3. The number of thiocarbonyl (C=S) groups is 1. The number of nitrogens with zero attached hydrogens (tertiary/aromatic N) is 2. The van der Waals surface area contributed by atoms with E-state index in [9.17, 15) is 9.59 Å². The molecular weight excluding hydrogens is 495 g/mol. The van der Waals surface area contributed by atoms with Crippen LogP contribution in [0.2, 0.25) is 0 Å². The van der Waals surface area contributed by atoms with Gasteiger partial charge in [0, 0.05) is 30.5 Å². The number of hydrogen-bond donors (Lipinski definition) is 1. The SMILES string of the molecule is Cc1cccc(Cc2cnc(NC(=O)CCCN3C(=O)/C(=C/C=C/c4ccccc4)SC3=S)s2)c1. The predicted molar refractivity (Wildman–Crippen MR) is 149 cm³/mol. The highest BCUT2D eigenvalue weighted by Gasteiger charge is 2.31. The number of hydrogen-bond acceptors (Lipinski definition) is 6. The van der Waals surface area contributed by atoms with Gasteiger partial charge < -0.3 is 5.32 Å². The van der Waals surface area contributed by atoms with Gasteiger partial charge >= 0.3 is 0 Å². The maximum absolute atomic E-state index is 12.7. The summed E-state index contributed by atoms with van der Waals surface area (Å²) in [4.78, 5) is 32.7. The van der Waals surface area contributed by atoms with Gasteiger partial charge in [-0.3, -0.25) is 14.5 Å². The van der Waals surface area contributed by atoms with E-state index in [-0.39, 0.29) is 18.2 Å². The maximum Gasteiger partial charge on any atom is 0.266 e. The van der Waals surface area contributed by atoms with Crippen LogP contribution in [0.25, 0.3) is 6.08 Å². The lowest BCUT2D eigenvalue weighted by atomic mass is 10.1. The quantitative estimate of drug-likeness (QED) is 0.269. The lowest BCUT2D eigenvalue weighted by Crippen LogP contribution is -2.29. The first-order valence-electron chi connectivity index (χ1n) is 11.2. The number of thiazole rings is 1. The monoisotopic (exact) mass is 519 g/mol. The molecule has 1 saturated heterocycles. The van der Waals surface area contributed by atoms with Crippen molar-refractivity contribution >= 4 is 62.7 Å². The molecule has 1 fully saturated rings. The maximum atomic E-state index is 12.7. The number of aryl methyl sites for hydroxylation is 1. The molecule has 0 atom stereocenters. The summed E-state index contributed by atoms with van der Waals surface area (Å²) < 4.78 is 0.524. The molecule has 4 rings (SSSR count). The molecule has 8 heteroatoms. The van der Waals surface area contributed by atoms with E-state index in [1.54, 1.807) is 17.2 Å². The lowest BCUT2D eigenvalue weighted by Gasteiger charge is -2.13. The van der Waals surface area contributed by atoms with Gasteiger partial charge in [-0.15, -0.1) is 11.3 Å². The van der Waals surface area contributed by atoms with Crippen LogP contribution >= 0.6 is 35.3 Å². The van der Waals surface area contributed by atoms with E-state index in [4.69, 9.17) is 12.2 Å². The first-order chi connectivity index (χ1) is 17.0. The summed E-state index contributed by atoms with van der Waals surface area (Å²) in [5.41, 5.74) is 3.51. The van der Waals surface area contributed by atoms with Crippen LogP contribution in [-0.4, -0.2) is 32.6 Å². The van der Waals surface area contributed by atoms with Gasteiger partial charge in [-0.1, -0.05) is 96.3 Å². The highest BCUT2D eigenvalue weighted by molar-refractivity contribution is 8.26. The summed E-state index contributed by atoms with van der Waals surface area (Å²) in [5, 5.41) is 3.46. The molecule has 1 aliphatic rings. The predicted octanol–water partition coefficient (Wildman–Crippen LogP) is 6.22. The Hall–Kier alpha value is -3.07. The fraction of sp³-hybridized carbons (Fsp3) is 0.185. The average Bonchev–Trinajstić information content (AvgIpc) is 3.38. The molecule has 2 aromatic carbocycles. The van der Waals surface area contributed by atoms with Crippen molar-refractivity contribution in [2.45, 2.75) is 26.2 Å². The van der Waals surface area contributed by atoms with E-state index >= 15 is 0 Å². The van der Waals surface area contributed by atoms with E-state index < -0.39 is 0 Å². The van der Waals surface area contributed by atoms with Crippen molar-refractivity contribution in [1.29, 1.82) is 0 Å². The van der Waals surface area contributed by atoms with Crippen molar-refractivity contribution in [2.75, 3.05) is 11.9 Å². The summed E-state index contributed by atoms with van der Waals surface area (Å²) >= 11 is 8.15. The second kappa shape index (κ2) is 12.1. The third-order valence-electron chi connectivity index (χ3n) is 5.26. The number of carbonyl (C=O) groups excluding carboxylic acids is 2. The molecule has 0 aliphatic carbocycles. The van der Waals surface area contributed by atoms with Crippen LogP contribution in [0.3, 0.4) is 0 Å². The van der Waals surface area contributed by atoms with Crippen LogP contribution in [0, 0.1) is 6.92 Å². The van der Waals surface area contributed by atoms with E-state index in [2.05, 4.69) is 35.4 Å². The number of anilines is 1. The number of aromatic nitrogens is 1. The van der Waals surface area contributed by atoms with Gasteiger partial charge in [0.15, 0.2) is 5.13 Å². The van der Waals surface area contributed by atoms with Crippen molar-refractivity contribution in [1.82, 2.24) is 9.88 Å². The molecule has 1 N–H and O–H groups in total. The smallest absolute Gasteiger partial charge is 0.266 e. The summed E-state index contributed by atoms with van der Waals surface area (Å²) in [6.45, 7) is 2.48. The topological polar surface area (TPSA) is 62.3 Å². The Kier molecular flexibility index (Phi) is 8.63. The van der Waals surface area contributed by atoms with Crippen LogP contribution in [-0.2, 0) is 16.0 Å². The molecule has 0 bridgehead atoms. The minimum atomic E-state index is -0.117. The van der Waals surface area contributed by atoms with Gasteiger partial charge in [-0.05, 0) is 30.5 Å². The van der Waals surface area contributed by atoms with Crippen molar-refractivity contribution in [2.24, 2.45) is 0 Å². The second-order valence-corrected chi connectivity index (χ2v) is 10.9. The fourth-order valence-corrected chi connectivity index (χ4v) is 5.69. The number of rotatable bonds is 9. The Morgan fingerprint density at radius 3 is 2.80 bits per heavy atom. The molecule has 0 unspecified atom stereocenters. The third kappa shape index (κ3) is 7.21. The zero-order valence-electron chi connectivity index (χ0n) is 19.3. The first kappa shape index (κ1) is 25.0.